The lowest BCUT2D eigenvalue weighted by Crippen LogP contribution is -2.34. The third-order valence-corrected chi connectivity index (χ3v) is 5.71. The maximum atomic E-state index is 5.45. The summed E-state index contributed by atoms with van der Waals surface area (Å²) >= 11 is 0. The maximum absolute atomic E-state index is 5.45. The molecule has 0 bridgehead atoms. The molecule has 0 radical (unpaired) electrons. The molecule has 4 aromatic rings. The maximum Gasteiger partial charge on any atom is 0.183 e. The van der Waals surface area contributed by atoms with Gasteiger partial charge in [-0.1, -0.05) is 0 Å². The number of piperidine rings is 1. The Morgan fingerprint density at radius 3 is 2.89 bits per heavy atom. The minimum Gasteiger partial charge on any atom is -0.464 e. The summed E-state index contributed by atoms with van der Waals surface area (Å²) < 4.78 is 7.73. The molecule has 0 unspecified atom stereocenters. The van der Waals surface area contributed by atoms with Gasteiger partial charge < -0.3 is 13.9 Å². The molecule has 0 amide bonds. The first kappa shape index (κ1) is 16.4. The number of furan rings is 1. The number of aryl methyl sites for hydroxylation is 2. The van der Waals surface area contributed by atoms with Gasteiger partial charge in [-0.05, 0) is 64.5 Å². The van der Waals surface area contributed by atoms with Gasteiger partial charge in [0.15, 0.2) is 5.65 Å². The highest BCUT2D eigenvalue weighted by molar-refractivity contribution is 5.86. The monoisotopic (exact) mass is 361 g/mol. The van der Waals surface area contributed by atoms with Crippen molar-refractivity contribution in [3.8, 4) is 11.3 Å². The molecule has 0 aliphatic carbocycles. The Kier molecular flexibility index (Phi) is 3.75. The van der Waals surface area contributed by atoms with Gasteiger partial charge in [-0.2, -0.15) is 0 Å². The molecule has 0 saturated carbocycles. The average Bonchev–Trinajstić information content (AvgIpc) is 3.25. The first-order valence-electron chi connectivity index (χ1n) is 9.50. The van der Waals surface area contributed by atoms with Crippen LogP contribution in [0.2, 0.25) is 0 Å². The molecule has 3 aromatic heterocycles. The number of imidazole rings is 1. The quantitative estimate of drug-likeness (QED) is 0.537. The van der Waals surface area contributed by atoms with Gasteiger partial charge >= 0.3 is 0 Å². The first-order valence-corrected chi connectivity index (χ1v) is 9.50. The van der Waals surface area contributed by atoms with Crippen molar-refractivity contribution in [2.24, 2.45) is 0 Å². The molecular formula is C21H23N5O. The predicted molar refractivity (Wildman–Crippen MR) is 106 cm³/mol. The molecule has 0 spiro atoms. The molecule has 6 nitrogen and oxygen atoms in total. The van der Waals surface area contributed by atoms with Crippen LogP contribution in [0.1, 0.15) is 30.3 Å². The van der Waals surface area contributed by atoms with E-state index >= 15 is 0 Å². The largest absolute Gasteiger partial charge is 0.464 e. The molecule has 1 aliphatic heterocycles. The van der Waals surface area contributed by atoms with E-state index in [1.807, 2.05) is 18.2 Å². The zero-order valence-electron chi connectivity index (χ0n) is 15.9. The fraction of sp³-hybridized carbons (Fsp3) is 0.381. The van der Waals surface area contributed by atoms with E-state index in [0.717, 1.165) is 64.3 Å². The second kappa shape index (κ2) is 6.16. The normalized spacial score (nSPS) is 18.6. The summed E-state index contributed by atoms with van der Waals surface area (Å²) in [6.07, 6.45) is 4.08. The van der Waals surface area contributed by atoms with Crippen LogP contribution in [0, 0.1) is 13.8 Å². The Hall–Kier alpha value is -2.73. The van der Waals surface area contributed by atoms with Crippen LogP contribution >= 0.6 is 0 Å². The van der Waals surface area contributed by atoms with E-state index in [-0.39, 0.29) is 0 Å². The lowest BCUT2D eigenvalue weighted by molar-refractivity contribution is 0.212. The number of aromatic nitrogens is 4. The summed E-state index contributed by atoms with van der Waals surface area (Å²) in [5, 5.41) is 10.3. The molecule has 1 aliphatic rings. The van der Waals surface area contributed by atoms with Crippen molar-refractivity contribution in [3.05, 3.63) is 41.9 Å². The minimum atomic E-state index is 0.413. The van der Waals surface area contributed by atoms with Crippen molar-refractivity contribution in [2.45, 2.75) is 32.7 Å². The van der Waals surface area contributed by atoms with Crippen molar-refractivity contribution in [1.82, 2.24) is 24.6 Å². The fourth-order valence-electron chi connectivity index (χ4n) is 4.34. The number of likely N-dealkylation sites (tertiary alicyclic amines) is 1. The van der Waals surface area contributed by atoms with Gasteiger partial charge in [0.1, 0.15) is 16.9 Å². The van der Waals surface area contributed by atoms with E-state index < -0.39 is 0 Å². The van der Waals surface area contributed by atoms with E-state index in [4.69, 9.17) is 9.40 Å². The number of fused-ring (bicyclic) bond motifs is 2. The lowest BCUT2D eigenvalue weighted by Gasteiger charge is -2.31. The van der Waals surface area contributed by atoms with Crippen molar-refractivity contribution in [3.63, 3.8) is 0 Å². The average molecular weight is 361 g/mol. The highest BCUT2D eigenvalue weighted by Crippen LogP contribution is 2.31. The zero-order valence-corrected chi connectivity index (χ0v) is 15.9. The molecule has 0 N–H and O–H groups in total. The van der Waals surface area contributed by atoms with Crippen molar-refractivity contribution in [2.75, 3.05) is 20.1 Å². The Morgan fingerprint density at radius 2 is 2.04 bits per heavy atom. The van der Waals surface area contributed by atoms with Crippen molar-refractivity contribution >= 4 is 22.1 Å². The van der Waals surface area contributed by atoms with Crippen LogP contribution < -0.4 is 0 Å². The summed E-state index contributed by atoms with van der Waals surface area (Å²) in [6, 6.07) is 8.50. The minimum absolute atomic E-state index is 0.413. The summed E-state index contributed by atoms with van der Waals surface area (Å²) in [6.45, 7) is 6.36. The third kappa shape index (κ3) is 2.63. The SMILES string of the molecule is Cc1c(-c2ccc3occc3c2)nnc2c1nc(C)n2[C@@H]1CCCN(C)C1. The predicted octanol–water partition coefficient (Wildman–Crippen LogP) is 4.12. The van der Waals surface area contributed by atoms with E-state index in [1.54, 1.807) is 6.26 Å². The Labute approximate surface area is 157 Å². The first-order chi connectivity index (χ1) is 13.1. The number of rotatable bonds is 2. The van der Waals surface area contributed by atoms with E-state index in [9.17, 15) is 0 Å². The van der Waals surface area contributed by atoms with Gasteiger partial charge in [0.2, 0.25) is 0 Å². The van der Waals surface area contributed by atoms with Crippen molar-refractivity contribution in [1.29, 1.82) is 0 Å². The molecule has 6 heteroatoms. The number of nitrogens with zero attached hydrogens (tertiary/aromatic N) is 5. The topological polar surface area (TPSA) is 60.0 Å². The highest BCUT2D eigenvalue weighted by Gasteiger charge is 2.24. The molecular weight excluding hydrogens is 338 g/mol. The van der Waals surface area contributed by atoms with Gasteiger partial charge in [-0.15, -0.1) is 10.2 Å². The standard InChI is InChI=1S/C21H23N5O/c1-13-19(16-6-7-18-15(11-16)8-10-27-18)23-24-21-20(13)22-14(2)26(21)17-5-4-9-25(3)12-17/h6-8,10-11,17H,4-5,9,12H2,1-3H3/t17-/m1/s1. The zero-order chi connectivity index (χ0) is 18.5. The molecule has 1 atom stereocenters. The number of hydrogen-bond donors (Lipinski definition) is 0. The molecule has 1 aromatic carbocycles. The van der Waals surface area contributed by atoms with Crippen LogP contribution in [0.25, 0.3) is 33.4 Å². The summed E-state index contributed by atoms with van der Waals surface area (Å²) in [5.74, 6) is 1.02. The van der Waals surface area contributed by atoms with Crippen molar-refractivity contribution < 1.29 is 4.42 Å². The van der Waals surface area contributed by atoms with Gasteiger partial charge in [-0.25, -0.2) is 4.98 Å². The summed E-state index contributed by atoms with van der Waals surface area (Å²) in [7, 11) is 2.18. The van der Waals surface area contributed by atoms with Crippen LogP contribution in [0.4, 0.5) is 0 Å². The second-order valence-corrected chi connectivity index (χ2v) is 7.61. The Balaban J connectivity index is 1.63. The summed E-state index contributed by atoms with van der Waals surface area (Å²) in [5.41, 5.74) is 5.74. The molecule has 4 heterocycles. The van der Waals surface area contributed by atoms with Crippen LogP contribution in [-0.4, -0.2) is 44.8 Å². The van der Waals surface area contributed by atoms with E-state index in [0.29, 0.717) is 6.04 Å². The lowest BCUT2D eigenvalue weighted by atomic mass is 10.0. The third-order valence-electron chi connectivity index (χ3n) is 5.71. The number of hydrogen-bond acceptors (Lipinski definition) is 5. The van der Waals surface area contributed by atoms with Crippen LogP contribution in [0.5, 0.6) is 0 Å². The van der Waals surface area contributed by atoms with E-state index in [1.165, 1.54) is 6.42 Å². The molecule has 1 saturated heterocycles. The molecule has 138 valence electrons. The highest BCUT2D eigenvalue weighted by atomic mass is 16.3. The van der Waals surface area contributed by atoms with Gasteiger partial charge in [-0.3, -0.25) is 0 Å². The van der Waals surface area contributed by atoms with Crippen LogP contribution in [0.15, 0.2) is 34.9 Å². The van der Waals surface area contributed by atoms with Gasteiger partial charge in [0.05, 0.1) is 12.0 Å². The molecule has 5 rings (SSSR count). The number of likely N-dealkylation sites (N-methyl/N-ethyl adjacent to an activating group) is 1. The van der Waals surface area contributed by atoms with Gasteiger partial charge in [0.25, 0.3) is 0 Å². The summed E-state index contributed by atoms with van der Waals surface area (Å²) in [4.78, 5) is 7.26. The second-order valence-electron chi connectivity index (χ2n) is 7.61. The number of benzene rings is 1. The Morgan fingerprint density at radius 1 is 1.15 bits per heavy atom. The van der Waals surface area contributed by atoms with Gasteiger partial charge in [0, 0.05) is 29.1 Å². The smallest absolute Gasteiger partial charge is 0.183 e. The van der Waals surface area contributed by atoms with Crippen LogP contribution in [-0.2, 0) is 0 Å². The molecule has 27 heavy (non-hydrogen) atoms. The molecule has 1 fully saturated rings. The van der Waals surface area contributed by atoms with E-state index in [2.05, 4.69) is 46.6 Å². The van der Waals surface area contributed by atoms with Crippen LogP contribution in [0.3, 0.4) is 0 Å². The fourth-order valence-corrected chi connectivity index (χ4v) is 4.34. The Bertz CT molecular complexity index is 1140.